The Hall–Kier alpha value is -2.11. The minimum absolute atomic E-state index is 0. The van der Waals surface area contributed by atoms with Gasteiger partial charge in [0.05, 0.1) is 18.4 Å². The van der Waals surface area contributed by atoms with Crippen LogP contribution < -0.4 is 21.3 Å². The van der Waals surface area contributed by atoms with E-state index in [1.165, 1.54) is 0 Å². The van der Waals surface area contributed by atoms with Crippen LogP contribution in [-0.2, 0) is 9.53 Å². The molecule has 0 aromatic carbocycles. The lowest BCUT2D eigenvalue weighted by atomic mass is 10.2. The highest BCUT2D eigenvalue weighted by Crippen LogP contribution is 2.06. The van der Waals surface area contributed by atoms with Crippen molar-refractivity contribution in [3.63, 3.8) is 0 Å². The van der Waals surface area contributed by atoms with Gasteiger partial charge in [0.2, 0.25) is 5.91 Å². The number of carbonyl (C=O) groups is 2. The highest BCUT2D eigenvalue weighted by Gasteiger charge is 2.15. The normalized spacial score (nSPS) is 11.0. The number of hydrogen-bond donors (Lipinski definition) is 4. The number of pyridine rings is 1. The van der Waals surface area contributed by atoms with Crippen LogP contribution in [0.25, 0.3) is 0 Å². The first kappa shape index (κ1) is 23.9. The number of aromatic nitrogens is 1. The van der Waals surface area contributed by atoms with E-state index in [9.17, 15) is 9.59 Å². The molecule has 0 radical (unpaired) electrons. The van der Waals surface area contributed by atoms with Crippen LogP contribution in [0.15, 0.2) is 29.5 Å². The van der Waals surface area contributed by atoms with E-state index in [1.54, 1.807) is 52.3 Å². The van der Waals surface area contributed by atoms with Gasteiger partial charge >= 0.3 is 6.09 Å². The first-order valence-electron chi connectivity index (χ1n) is 7.91. The van der Waals surface area contributed by atoms with Gasteiger partial charge in [0.15, 0.2) is 5.96 Å². The summed E-state index contributed by atoms with van der Waals surface area (Å²) in [5.41, 5.74) is 0.0929. The number of guanidine groups is 1. The second-order valence-corrected chi connectivity index (χ2v) is 6.07. The summed E-state index contributed by atoms with van der Waals surface area (Å²) >= 11 is 0. The smallest absolute Gasteiger partial charge is 0.407 e. The van der Waals surface area contributed by atoms with E-state index in [1.807, 2.05) is 0 Å². The fraction of sp³-hybridized carbons (Fsp3) is 0.500. The first-order valence-corrected chi connectivity index (χ1v) is 7.91. The van der Waals surface area contributed by atoms with Gasteiger partial charge in [-0.05, 0) is 32.9 Å². The van der Waals surface area contributed by atoms with E-state index in [-0.39, 0.29) is 36.4 Å². The molecule has 0 aliphatic rings. The lowest BCUT2D eigenvalue weighted by Gasteiger charge is -2.19. The molecule has 10 heteroatoms. The number of halogens is 1. The third-order valence-corrected chi connectivity index (χ3v) is 2.67. The van der Waals surface area contributed by atoms with E-state index in [0.717, 1.165) is 0 Å². The molecule has 9 nitrogen and oxygen atoms in total. The number of hydrogen-bond acceptors (Lipinski definition) is 5. The quantitative estimate of drug-likeness (QED) is 0.212. The Morgan fingerprint density at radius 1 is 1.19 bits per heavy atom. The van der Waals surface area contributed by atoms with E-state index < -0.39 is 11.7 Å². The molecule has 0 aliphatic heterocycles. The maximum atomic E-state index is 11.8. The van der Waals surface area contributed by atoms with Crippen molar-refractivity contribution in [2.24, 2.45) is 4.99 Å². The van der Waals surface area contributed by atoms with Crippen molar-refractivity contribution in [2.45, 2.75) is 26.4 Å². The van der Waals surface area contributed by atoms with Gasteiger partial charge in [-0.25, -0.2) is 4.79 Å². The van der Waals surface area contributed by atoms with Crippen LogP contribution in [-0.4, -0.2) is 55.2 Å². The maximum Gasteiger partial charge on any atom is 0.407 e. The standard InChI is InChI=1S/C16H26N6O3.HI/c1-16(2,3)25-15(24)20-9-8-19-14(17-4)21-11-13(23)22-12-6-5-7-18-10-12;/h5-7,10H,8-9,11H2,1-4H3,(H,20,24)(H,22,23)(H2,17,19,21);1H. The average Bonchev–Trinajstić information content (AvgIpc) is 2.53. The second-order valence-electron chi connectivity index (χ2n) is 6.07. The molecule has 1 aromatic rings. The van der Waals surface area contributed by atoms with E-state index in [2.05, 4.69) is 31.2 Å². The Kier molecular flexibility index (Phi) is 11.3. The number of nitrogens with one attached hydrogen (secondary N) is 4. The summed E-state index contributed by atoms with van der Waals surface area (Å²) in [7, 11) is 1.59. The second kappa shape index (κ2) is 12.3. The Bertz CT molecular complexity index is 589. The Balaban J connectivity index is 0.00000625. The average molecular weight is 478 g/mol. The maximum absolute atomic E-state index is 11.8. The largest absolute Gasteiger partial charge is 0.444 e. The van der Waals surface area contributed by atoms with Gasteiger partial charge in [-0.3, -0.25) is 14.8 Å². The molecule has 0 atom stereocenters. The molecule has 0 unspecified atom stereocenters. The van der Waals surface area contributed by atoms with E-state index >= 15 is 0 Å². The van der Waals surface area contributed by atoms with Gasteiger partial charge < -0.3 is 26.0 Å². The zero-order valence-electron chi connectivity index (χ0n) is 15.5. The Morgan fingerprint density at radius 2 is 1.88 bits per heavy atom. The van der Waals surface area contributed by atoms with Gasteiger partial charge in [-0.1, -0.05) is 0 Å². The molecule has 0 spiro atoms. The van der Waals surface area contributed by atoms with Gasteiger partial charge in [-0.2, -0.15) is 0 Å². The van der Waals surface area contributed by atoms with Crippen molar-refractivity contribution >= 4 is 47.6 Å². The van der Waals surface area contributed by atoms with Crippen LogP contribution in [0.3, 0.4) is 0 Å². The molecular weight excluding hydrogens is 451 g/mol. The predicted molar refractivity (Wildman–Crippen MR) is 112 cm³/mol. The first-order chi connectivity index (χ1) is 11.8. The molecule has 0 saturated heterocycles. The molecule has 4 N–H and O–H groups in total. The molecule has 0 saturated carbocycles. The van der Waals surface area contributed by atoms with Crippen LogP contribution >= 0.6 is 24.0 Å². The van der Waals surface area contributed by atoms with Gasteiger partial charge in [0.25, 0.3) is 0 Å². The molecule has 146 valence electrons. The van der Waals surface area contributed by atoms with E-state index in [0.29, 0.717) is 24.7 Å². The zero-order valence-corrected chi connectivity index (χ0v) is 17.8. The highest BCUT2D eigenvalue weighted by molar-refractivity contribution is 14.0. The van der Waals surface area contributed by atoms with Gasteiger partial charge in [0.1, 0.15) is 5.60 Å². The monoisotopic (exact) mass is 478 g/mol. The summed E-state index contributed by atoms with van der Waals surface area (Å²) in [6.45, 7) is 6.24. The molecule has 1 aromatic heterocycles. The van der Waals surface area contributed by atoms with Crippen LogP contribution in [0.5, 0.6) is 0 Å². The molecule has 26 heavy (non-hydrogen) atoms. The molecule has 2 amide bonds. The van der Waals surface area contributed by atoms with Crippen molar-refractivity contribution in [1.29, 1.82) is 0 Å². The number of carbonyl (C=O) groups excluding carboxylic acids is 2. The summed E-state index contributed by atoms with van der Waals surface area (Å²) in [5, 5.41) is 11.2. The van der Waals surface area contributed by atoms with Crippen molar-refractivity contribution in [1.82, 2.24) is 20.9 Å². The molecule has 0 fully saturated rings. The van der Waals surface area contributed by atoms with Gasteiger partial charge in [0, 0.05) is 26.3 Å². The fourth-order valence-electron chi connectivity index (χ4n) is 1.69. The Labute approximate surface area is 170 Å². The molecule has 1 heterocycles. The number of aliphatic imine (C=N–C) groups is 1. The van der Waals surface area contributed by atoms with Crippen LogP contribution in [0.4, 0.5) is 10.5 Å². The van der Waals surface area contributed by atoms with Crippen LogP contribution in [0, 0.1) is 0 Å². The number of nitrogens with zero attached hydrogens (tertiary/aromatic N) is 2. The number of alkyl carbamates (subject to hydrolysis) is 1. The Morgan fingerprint density at radius 3 is 2.46 bits per heavy atom. The number of ether oxygens (including phenoxy) is 1. The fourth-order valence-corrected chi connectivity index (χ4v) is 1.69. The van der Waals surface area contributed by atoms with Crippen molar-refractivity contribution in [3.8, 4) is 0 Å². The minimum atomic E-state index is -0.531. The van der Waals surface area contributed by atoms with Crippen molar-refractivity contribution in [3.05, 3.63) is 24.5 Å². The highest BCUT2D eigenvalue weighted by atomic mass is 127. The van der Waals surface area contributed by atoms with Crippen LogP contribution in [0.2, 0.25) is 0 Å². The number of rotatable bonds is 6. The van der Waals surface area contributed by atoms with Crippen molar-refractivity contribution in [2.75, 3.05) is 32.0 Å². The molecule has 1 rings (SSSR count). The third-order valence-electron chi connectivity index (χ3n) is 2.67. The molecular formula is C16H27IN6O3. The van der Waals surface area contributed by atoms with Gasteiger partial charge in [-0.15, -0.1) is 24.0 Å². The summed E-state index contributed by atoms with van der Waals surface area (Å²) in [4.78, 5) is 31.2. The molecule has 0 bridgehead atoms. The third kappa shape index (κ3) is 11.4. The van der Waals surface area contributed by atoms with E-state index in [4.69, 9.17) is 4.74 Å². The zero-order chi connectivity index (χ0) is 18.7. The minimum Gasteiger partial charge on any atom is -0.444 e. The number of anilines is 1. The summed E-state index contributed by atoms with van der Waals surface area (Å²) in [6, 6.07) is 3.49. The lowest BCUT2D eigenvalue weighted by Crippen LogP contribution is -2.44. The SMILES string of the molecule is CN=C(NCCNC(=O)OC(C)(C)C)NCC(=O)Nc1cccnc1.I. The summed E-state index contributed by atoms with van der Waals surface area (Å²) in [6.07, 6.45) is 2.71. The number of amides is 2. The topological polar surface area (TPSA) is 117 Å². The summed E-state index contributed by atoms with van der Waals surface area (Å²) < 4.78 is 5.12. The summed E-state index contributed by atoms with van der Waals surface area (Å²) in [5.74, 6) is 0.232. The predicted octanol–water partition coefficient (Wildman–Crippen LogP) is 1.33. The lowest BCUT2D eigenvalue weighted by molar-refractivity contribution is -0.115. The van der Waals surface area contributed by atoms with Crippen molar-refractivity contribution < 1.29 is 14.3 Å². The van der Waals surface area contributed by atoms with Crippen LogP contribution in [0.1, 0.15) is 20.8 Å². The molecule has 0 aliphatic carbocycles.